The van der Waals surface area contributed by atoms with Crippen LogP contribution in [0.5, 0.6) is 0 Å². The lowest BCUT2D eigenvalue weighted by atomic mass is 10.1. The second-order valence-electron chi connectivity index (χ2n) is 5.61. The second-order valence-corrected chi connectivity index (χ2v) is 5.61. The van der Waals surface area contributed by atoms with E-state index in [2.05, 4.69) is 15.7 Å². The zero-order valence-electron chi connectivity index (χ0n) is 14.3. The molecule has 2 N–H and O–H groups in total. The zero-order valence-corrected chi connectivity index (χ0v) is 14.3. The molecule has 132 valence electrons. The van der Waals surface area contributed by atoms with Crippen molar-refractivity contribution >= 4 is 17.5 Å². The Morgan fingerprint density at radius 1 is 1.04 bits per heavy atom. The van der Waals surface area contributed by atoms with Crippen molar-refractivity contribution in [3.63, 3.8) is 0 Å². The third-order valence-electron chi connectivity index (χ3n) is 3.85. The summed E-state index contributed by atoms with van der Waals surface area (Å²) in [5.74, 6) is -1.23. The van der Waals surface area contributed by atoms with Crippen molar-refractivity contribution in [2.45, 2.75) is 6.92 Å². The molecule has 0 aliphatic carbocycles. The molecule has 0 spiro atoms. The maximum atomic E-state index is 14.0. The van der Waals surface area contributed by atoms with Crippen molar-refractivity contribution in [1.82, 2.24) is 15.1 Å². The highest BCUT2D eigenvalue weighted by Gasteiger charge is 2.17. The van der Waals surface area contributed by atoms with Gasteiger partial charge in [-0.05, 0) is 37.3 Å². The van der Waals surface area contributed by atoms with Gasteiger partial charge < -0.3 is 10.6 Å². The van der Waals surface area contributed by atoms with E-state index in [4.69, 9.17) is 0 Å². The van der Waals surface area contributed by atoms with Gasteiger partial charge in [-0.15, -0.1) is 0 Å². The van der Waals surface area contributed by atoms with Gasteiger partial charge in [0.2, 0.25) is 0 Å². The number of nitrogens with one attached hydrogen (secondary N) is 2. The lowest BCUT2D eigenvalue weighted by Gasteiger charge is -2.09. The molecule has 0 atom stereocenters. The predicted molar refractivity (Wildman–Crippen MR) is 96.0 cm³/mol. The number of benzene rings is 2. The van der Waals surface area contributed by atoms with Crippen LogP contribution in [-0.2, 0) is 0 Å². The molecule has 1 heterocycles. The average molecular weight is 352 g/mol. The summed E-state index contributed by atoms with van der Waals surface area (Å²) in [6.07, 6.45) is 0. The van der Waals surface area contributed by atoms with Gasteiger partial charge in [-0.3, -0.25) is 9.59 Å². The average Bonchev–Trinajstić information content (AvgIpc) is 3.03. The van der Waals surface area contributed by atoms with Crippen molar-refractivity contribution in [2.24, 2.45) is 0 Å². The summed E-state index contributed by atoms with van der Waals surface area (Å²) in [6, 6.07) is 14.4. The van der Waals surface area contributed by atoms with Crippen LogP contribution in [0.15, 0.2) is 54.6 Å². The Morgan fingerprint density at radius 3 is 2.46 bits per heavy atom. The number of rotatable bonds is 4. The van der Waals surface area contributed by atoms with Crippen LogP contribution in [0.3, 0.4) is 0 Å². The summed E-state index contributed by atoms with van der Waals surface area (Å²) in [5.41, 5.74) is 1.70. The van der Waals surface area contributed by atoms with E-state index in [1.165, 1.54) is 17.8 Å². The normalized spacial score (nSPS) is 10.4. The number of nitrogens with zero attached hydrogens (tertiary/aromatic N) is 2. The largest absolute Gasteiger partial charge is 0.355 e. The van der Waals surface area contributed by atoms with E-state index < -0.39 is 11.7 Å². The molecule has 0 bridgehead atoms. The Balaban J connectivity index is 1.90. The summed E-state index contributed by atoms with van der Waals surface area (Å²) in [4.78, 5) is 24.5. The summed E-state index contributed by atoms with van der Waals surface area (Å²) in [5, 5.41) is 9.40. The van der Waals surface area contributed by atoms with Crippen molar-refractivity contribution in [2.75, 3.05) is 12.4 Å². The van der Waals surface area contributed by atoms with Crippen LogP contribution in [0.1, 0.15) is 26.5 Å². The maximum absolute atomic E-state index is 14.0. The van der Waals surface area contributed by atoms with E-state index in [-0.39, 0.29) is 17.3 Å². The summed E-state index contributed by atoms with van der Waals surface area (Å²) < 4.78 is 15.4. The van der Waals surface area contributed by atoms with Gasteiger partial charge in [-0.2, -0.15) is 5.10 Å². The number of hydrogen-bond donors (Lipinski definition) is 2. The molecule has 6 nitrogen and oxygen atoms in total. The maximum Gasteiger partial charge on any atom is 0.276 e. The first-order valence-electron chi connectivity index (χ1n) is 7.95. The fourth-order valence-corrected chi connectivity index (χ4v) is 2.56. The zero-order chi connectivity index (χ0) is 18.7. The van der Waals surface area contributed by atoms with Gasteiger partial charge in [0.1, 0.15) is 11.5 Å². The van der Waals surface area contributed by atoms with Gasteiger partial charge in [-0.1, -0.05) is 24.3 Å². The van der Waals surface area contributed by atoms with Gasteiger partial charge in [0.25, 0.3) is 11.8 Å². The van der Waals surface area contributed by atoms with Crippen molar-refractivity contribution in [3.05, 3.63) is 77.4 Å². The predicted octanol–water partition coefficient (Wildman–Crippen LogP) is 2.93. The molecule has 0 unspecified atom stereocenters. The molecule has 0 fully saturated rings. The summed E-state index contributed by atoms with van der Waals surface area (Å²) in [6.45, 7) is 1.73. The monoisotopic (exact) mass is 352 g/mol. The molecule has 3 rings (SSSR count). The smallest absolute Gasteiger partial charge is 0.276 e. The molecule has 0 aliphatic rings. The SMILES string of the molecule is CNC(=O)c1ccccc1NC(=O)c1cc(C)n(-c2ccccc2F)n1. The van der Waals surface area contributed by atoms with Crippen LogP contribution < -0.4 is 10.6 Å². The lowest BCUT2D eigenvalue weighted by molar-refractivity contribution is 0.0964. The highest BCUT2D eigenvalue weighted by molar-refractivity contribution is 6.08. The van der Waals surface area contributed by atoms with Crippen LogP contribution in [0, 0.1) is 12.7 Å². The first-order chi connectivity index (χ1) is 12.5. The molecule has 26 heavy (non-hydrogen) atoms. The molecule has 1 aromatic heterocycles. The molecule has 0 radical (unpaired) electrons. The molecule has 7 heteroatoms. The summed E-state index contributed by atoms with van der Waals surface area (Å²) >= 11 is 0. The molecule has 2 aromatic carbocycles. The van der Waals surface area contributed by atoms with Crippen LogP contribution in [0.2, 0.25) is 0 Å². The van der Waals surface area contributed by atoms with Gasteiger partial charge >= 0.3 is 0 Å². The van der Waals surface area contributed by atoms with Gasteiger partial charge in [0, 0.05) is 12.7 Å². The molecular formula is C19H17FN4O2. The van der Waals surface area contributed by atoms with E-state index in [0.717, 1.165) is 0 Å². The Labute approximate surface area is 149 Å². The highest BCUT2D eigenvalue weighted by atomic mass is 19.1. The Hall–Kier alpha value is -3.48. The lowest BCUT2D eigenvalue weighted by Crippen LogP contribution is -2.21. The number of carbonyl (C=O) groups is 2. The highest BCUT2D eigenvalue weighted by Crippen LogP contribution is 2.18. The van der Waals surface area contributed by atoms with Crippen LogP contribution >= 0.6 is 0 Å². The number of amides is 2. The third-order valence-corrected chi connectivity index (χ3v) is 3.85. The Bertz CT molecular complexity index is 981. The van der Waals surface area contributed by atoms with E-state index in [9.17, 15) is 14.0 Å². The number of para-hydroxylation sites is 2. The van der Waals surface area contributed by atoms with Crippen molar-refractivity contribution < 1.29 is 14.0 Å². The number of anilines is 1. The van der Waals surface area contributed by atoms with E-state index in [1.54, 1.807) is 55.5 Å². The molecule has 0 aliphatic heterocycles. The minimum absolute atomic E-state index is 0.123. The van der Waals surface area contributed by atoms with E-state index >= 15 is 0 Å². The number of aromatic nitrogens is 2. The fourth-order valence-electron chi connectivity index (χ4n) is 2.56. The second kappa shape index (κ2) is 7.18. The van der Waals surface area contributed by atoms with E-state index in [0.29, 0.717) is 16.9 Å². The molecule has 3 aromatic rings. The van der Waals surface area contributed by atoms with Gasteiger partial charge in [0.05, 0.1) is 11.3 Å². The van der Waals surface area contributed by atoms with Crippen molar-refractivity contribution in [1.29, 1.82) is 0 Å². The molecule has 2 amide bonds. The third kappa shape index (κ3) is 3.32. The number of halogens is 1. The topological polar surface area (TPSA) is 76.0 Å². The van der Waals surface area contributed by atoms with Gasteiger partial charge in [-0.25, -0.2) is 9.07 Å². The quantitative estimate of drug-likeness (QED) is 0.758. The van der Waals surface area contributed by atoms with E-state index in [1.807, 2.05) is 0 Å². The molecule has 0 saturated carbocycles. The van der Waals surface area contributed by atoms with Crippen molar-refractivity contribution in [3.8, 4) is 5.69 Å². The molecule has 0 saturated heterocycles. The molecular weight excluding hydrogens is 335 g/mol. The minimum atomic E-state index is -0.487. The van der Waals surface area contributed by atoms with Crippen LogP contribution in [0.25, 0.3) is 5.69 Å². The first kappa shape index (κ1) is 17.3. The Morgan fingerprint density at radius 2 is 1.73 bits per heavy atom. The fraction of sp³-hybridized carbons (Fsp3) is 0.105. The number of hydrogen-bond acceptors (Lipinski definition) is 3. The first-order valence-corrected chi connectivity index (χ1v) is 7.95. The standard InChI is InChI=1S/C19H17FN4O2/c1-12-11-16(23-24(12)17-10-6-4-8-14(17)20)19(26)22-15-9-5-3-7-13(15)18(25)21-2/h3-11H,1-2H3,(H,21,25)(H,22,26). The number of carbonyl (C=O) groups excluding carboxylic acids is 2. The Kier molecular flexibility index (Phi) is 4.79. The minimum Gasteiger partial charge on any atom is -0.355 e. The summed E-state index contributed by atoms with van der Waals surface area (Å²) in [7, 11) is 1.51. The van der Waals surface area contributed by atoms with Gasteiger partial charge in [0.15, 0.2) is 5.69 Å². The van der Waals surface area contributed by atoms with Crippen LogP contribution in [0.4, 0.5) is 10.1 Å². The number of aryl methyl sites for hydroxylation is 1. The van der Waals surface area contributed by atoms with Crippen LogP contribution in [-0.4, -0.2) is 28.6 Å².